The Morgan fingerprint density at radius 1 is 0.976 bits per heavy atom. The molecule has 0 saturated heterocycles. The van der Waals surface area contributed by atoms with E-state index in [1.54, 1.807) is 61.6 Å². The van der Waals surface area contributed by atoms with Crippen molar-refractivity contribution in [1.29, 1.82) is 0 Å². The first-order valence-corrected chi connectivity index (χ1v) is 13.5. The first-order valence-electron chi connectivity index (χ1n) is 13.5. The van der Waals surface area contributed by atoms with Gasteiger partial charge in [0, 0.05) is 41.5 Å². The SMILES string of the molecule is Cn1cnnc1[C@](F)(c1ccccc1)c1cccc(N2Cc3c(cc(CNC4(C)CCC4)cc3C(F)(F)F)C2=O)c1. The first kappa shape index (κ1) is 27.1. The topological polar surface area (TPSA) is 63.1 Å². The first-order chi connectivity index (χ1) is 19.5. The number of hydrogen-bond acceptors (Lipinski definition) is 4. The van der Waals surface area contributed by atoms with Gasteiger partial charge in [0.15, 0.2) is 5.82 Å². The van der Waals surface area contributed by atoms with Gasteiger partial charge in [0.1, 0.15) is 6.33 Å². The minimum absolute atomic E-state index is 0.0173. The Morgan fingerprint density at radius 2 is 1.71 bits per heavy atom. The van der Waals surface area contributed by atoms with Crippen LogP contribution in [0.25, 0.3) is 0 Å². The van der Waals surface area contributed by atoms with Crippen LogP contribution in [0.1, 0.15) is 70.2 Å². The van der Waals surface area contributed by atoms with Crippen molar-refractivity contribution in [2.24, 2.45) is 7.05 Å². The molecule has 2 heterocycles. The lowest BCUT2D eigenvalue weighted by molar-refractivity contribution is -0.138. The number of nitrogens with one attached hydrogen (secondary N) is 1. The van der Waals surface area contributed by atoms with E-state index in [0.29, 0.717) is 16.8 Å². The number of amides is 1. The van der Waals surface area contributed by atoms with Crippen molar-refractivity contribution in [3.8, 4) is 0 Å². The van der Waals surface area contributed by atoms with Crippen LogP contribution in [0, 0.1) is 0 Å². The molecular formula is C31H29F4N5O. The molecule has 1 aliphatic carbocycles. The van der Waals surface area contributed by atoms with E-state index in [-0.39, 0.29) is 41.1 Å². The number of hydrogen-bond donors (Lipinski definition) is 1. The molecule has 0 spiro atoms. The maximum atomic E-state index is 17.2. The van der Waals surface area contributed by atoms with Gasteiger partial charge in [-0.1, -0.05) is 42.5 Å². The predicted molar refractivity (Wildman–Crippen MR) is 146 cm³/mol. The monoisotopic (exact) mass is 563 g/mol. The average Bonchev–Trinajstić information content (AvgIpc) is 3.53. The van der Waals surface area contributed by atoms with Crippen LogP contribution in [0.15, 0.2) is 73.1 Å². The number of aryl methyl sites for hydroxylation is 1. The lowest BCUT2D eigenvalue weighted by Crippen LogP contribution is -2.47. The van der Waals surface area contributed by atoms with Crippen LogP contribution in [0.4, 0.5) is 23.2 Å². The molecule has 3 aromatic carbocycles. The van der Waals surface area contributed by atoms with E-state index in [1.807, 2.05) is 0 Å². The van der Waals surface area contributed by atoms with Crippen LogP contribution >= 0.6 is 0 Å². The third-order valence-corrected chi connectivity index (χ3v) is 8.33. The Hall–Kier alpha value is -4.05. The van der Waals surface area contributed by atoms with Gasteiger partial charge in [0.2, 0.25) is 5.67 Å². The van der Waals surface area contributed by atoms with Crippen molar-refractivity contribution in [3.05, 3.63) is 112 Å². The smallest absolute Gasteiger partial charge is 0.317 e. The fraction of sp³-hybridized carbons (Fsp3) is 0.323. The maximum absolute atomic E-state index is 17.2. The van der Waals surface area contributed by atoms with E-state index in [4.69, 9.17) is 0 Å². The summed E-state index contributed by atoms with van der Waals surface area (Å²) in [7, 11) is 1.63. The highest BCUT2D eigenvalue weighted by Gasteiger charge is 2.43. The lowest BCUT2D eigenvalue weighted by atomic mass is 9.78. The molecule has 1 fully saturated rings. The lowest BCUT2D eigenvalue weighted by Gasteiger charge is -2.39. The Labute approximate surface area is 235 Å². The van der Waals surface area contributed by atoms with Gasteiger partial charge in [0.05, 0.1) is 12.1 Å². The Kier molecular flexibility index (Phi) is 6.48. The van der Waals surface area contributed by atoms with E-state index in [0.717, 1.165) is 25.3 Å². The third-order valence-electron chi connectivity index (χ3n) is 8.33. The zero-order valence-corrected chi connectivity index (χ0v) is 22.7. The number of benzene rings is 3. The summed E-state index contributed by atoms with van der Waals surface area (Å²) < 4.78 is 61.4. The van der Waals surface area contributed by atoms with E-state index in [1.165, 1.54) is 21.9 Å². The zero-order valence-electron chi connectivity index (χ0n) is 22.7. The fourth-order valence-electron chi connectivity index (χ4n) is 5.81. The van der Waals surface area contributed by atoms with Crippen LogP contribution < -0.4 is 10.2 Å². The van der Waals surface area contributed by atoms with Gasteiger partial charge in [0.25, 0.3) is 5.91 Å². The quantitative estimate of drug-likeness (QED) is 0.269. The number of halogens is 4. The van der Waals surface area contributed by atoms with Crippen LogP contribution in [0.2, 0.25) is 0 Å². The maximum Gasteiger partial charge on any atom is 0.416 e. The summed E-state index contributed by atoms with van der Waals surface area (Å²) >= 11 is 0. The molecule has 1 aliphatic heterocycles. The van der Waals surface area contributed by atoms with Gasteiger partial charge in [-0.3, -0.25) is 4.79 Å². The van der Waals surface area contributed by atoms with Crippen LogP contribution in [0.5, 0.6) is 0 Å². The van der Waals surface area contributed by atoms with E-state index in [9.17, 15) is 18.0 Å². The molecule has 10 heteroatoms. The molecule has 1 atom stereocenters. The normalized spacial score (nSPS) is 17.7. The highest BCUT2D eigenvalue weighted by atomic mass is 19.4. The molecule has 1 saturated carbocycles. The number of carbonyl (C=O) groups is 1. The zero-order chi connectivity index (χ0) is 29.0. The highest BCUT2D eigenvalue weighted by molar-refractivity contribution is 6.10. The molecule has 1 aromatic heterocycles. The number of anilines is 1. The summed E-state index contributed by atoms with van der Waals surface area (Å²) in [6.07, 6.45) is -0.241. The van der Waals surface area contributed by atoms with Crippen molar-refractivity contribution in [2.75, 3.05) is 4.90 Å². The number of carbonyl (C=O) groups excluding carboxylic acids is 1. The van der Waals surface area contributed by atoms with Crippen molar-refractivity contribution < 1.29 is 22.4 Å². The third kappa shape index (κ3) is 4.69. The molecule has 1 amide bonds. The molecular weight excluding hydrogens is 534 g/mol. The second-order valence-corrected chi connectivity index (χ2v) is 11.2. The van der Waals surface area contributed by atoms with Crippen molar-refractivity contribution >= 4 is 11.6 Å². The standard InChI is InChI=1S/C31H29F4N5O/c1-29(12-7-13-29)36-17-20-14-24-25(26(15-20)31(33,34)35)18-40(27(24)41)23-11-6-10-22(16-23)30(32,21-8-4-3-5-9-21)28-38-37-19-39(28)2/h3-6,8-11,14-16,19,36H,7,12-13,17-18H2,1-2H3/t30-/m0/s1. The Morgan fingerprint density at radius 3 is 2.34 bits per heavy atom. The van der Waals surface area contributed by atoms with E-state index < -0.39 is 23.3 Å². The van der Waals surface area contributed by atoms with Crippen molar-refractivity contribution in [3.63, 3.8) is 0 Å². The molecule has 0 radical (unpaired) electrons. The van der Waals surface area contributed by atoms with Gasteiger partial charge in [-0.05, 0) is 61.6 Å². The minimum atomic E-state index is -4.63. The average molecular weight is 564 g/mol. The Bertz CT molecular complexity index is 1610. The Balaban J connectivity index is 1.39. The molecule has 0 bridgehead atoms. The summed E-state index contributed by atoms with van der Waals surface area (Å²) in [5, 5.41) is 11.2. The number of fused-ring (bicyclic) bond motifs is 1. The van der Waals surface area contributed by atoms with Crippen molar-refractivity contribution in [1.82, 2.24) is 20.1 Å². The fourth-order valence-corrected chi connectivity index (χ4v) is 5.81. The van der Waals surface area contributed by atoms with Crippen molar-refractivity contribution in [2.45, 2.75) is 56.7 Å². The second-order valence-electron chi connectivity index (χ2n) is 11.2. The molecule has 0 unspecified atom stereocenters. The summed E-state index contributed by atoms with van der Waals surface area (Å²) in [5.41, 5.74) is -2.03. The minimum Gasteiger partial charge on any atom is -0.317 e. The number of rotatable bonds is 7. The molecule has 212 valence electrons. The van der Waals surface area contributed by atoms with Crippen LogP contribution in [-0.4, -0.2) is 26.2 Å². The van der Waals surface area contributed by atoms with Gasteiger partial charge in [-0.2, -0.15) is 13.2 Å². The molecule has 1 N–H and O–H groups in total. The van der Waals surface area contributed by atoms with Gasteiger partial charge < -0.3 is 14.8 Å². The van der Waals surface area contributed by atoms with Gasteiger partial charge in [-0.15, -0.1) is 10.2 Å². The van der Waals surface area contributed by atoms with Crippen LogP contribution in [0.3, 0.4) is 0 Å². The van der Waals surface area contributed by atoms with E-state index >= 15 is 4.39 Å². The summed E-state index contributed by atoms with van der Waals surface area (Å²) in [6, 6.07) is 17.4. The molecule has 41 heavy (non-hydrogen) atoms. The molecule has 6 nitrogen and oxygen atoms in total. The largest absolute Gasteiger partial charge is 0.416 e. The summed E-state index contributed by atoms with van der Waals surface area (Å²) in [6.45, 7) is 2.01. The van der Waals surface area contributed by atoms with E-state index in [2.05, 4.69) is 22.4 Å². The predicted octanol–water partition coefficient (Wildman–Crippen LogP) is 6.29. The second kappa shape index (κ2) is 9.80. The molecule has 2 aliphatic rings. The number of aromatic nitrogens is 3. The van der Waals surface area contributed by atoms with Gasteiger partial charge >= 0.3 is 6.18 Å². The number of nitrogens with zero attached hydrogens (tertiary/aromatic N) is 4. The highest BCUT2D eigenvalue weighted by Crippen LogP contribution is 2.43. The number of alkyl halides is 4. The molecule has 4 aromatic rings. The summed E-state index contributed by atoms with van der Waals surface area (Å²) in [5.74, 6) is -0.518. The molecule has 6 rings (SSSR count). The summed E-state index contributed by atoms with van der Waals surface area (Å²) in [4.78, 5) is 14.9. The van der Waals surface area contributed by atoms with Gasteiger partial charge in [-0.25, -0.2) is 4.39 Å². The van der Waals surface area contributed by atoms with Crippen LogP contribution in [-0.2, 0) is 32.0 Å².